The standard InChI is InChI=1S/C13H28O4/c1-9-13(10-2,16-14-11(3,4)5)17-15-12(6,7)8/h9-10H2,1-8H3. The molecule has 0 unspecified atom stereocenters. The van der Waals surface area contributed by atoms with Crippen molar-refractivity contribution in [3.63, 3.8) is 0 Å². The Kier molecular flexibility index (Phi) is 6.08. The Morgan fingerprint density at radius 1 is 0.588 bits per heavy atom. The van der Waals surface area contributed by atoms with E-state index in [2.05, 4.69) is 0 Å². The summed E-state index contributed by atoms with van der Waals surface area (Å²) in [6, 6.07) is 0. The van der Waals surface area contributed by atoms with E-state index >= 15 is 0 Å². The molecule has 0 spiro atoms. The van der Waals surface area contributed by atoms with E-state index in [1.807, 2.05) is 55.4 Å². The highest BCUT2D eigenvalue weighted by atomic mass is 17.3. The summed E-state index contributed by atoms with van der Waals surface area (Å²) in [6.45, 7) is 15.5. The lowest BCUT2D eigenvalue weighted by atomic mass is 10.1. The number of rotatable bonds is 6. The molecule has 0 heterocycles. The van der Waals surface area contributed by atoms with Gasteiger partial charge in [0, 0.05) is 12.8 Å². The first kappa shape index (κ1) is 16.8. The Bertz CT molecular complexity index is 188. The molecule has 0 aromatic heterocycles. The number of hydrogen-bond donors (Lipinski definition) is 0. The molecule has 0 atom stereocenters. The molecule has 17 heavy (non-hydrogen) atoms. The molecule has 0 aliphatic carbocycles. The summed E-state index contributed by atoms with van der Waals surface area (Å²) in [5.74, 6) is -0.847. The first-order valence-corrected chi connectivity index (χ1v) is 6.27. The maximum atomic E-state index is 5.44. The van der Waals surface area contributed by atoms with E-state index in [1.165, 1.54) is 0 Å². The summed E-state index contributed by atoms with van der Waals surface area (Å²) >= 11 is 0. The SMILES string of the molecule is CCC(CC)(OOC(C)(C)C)OOC(C)(C)C. The van der Waals surface area contributed by atoms with Crippen LogP contribution in [-0.2, 0) is 19.6 Å². The smallest absolute Gasteiger partial charge is 0.228 e. The summed E-state index contributed by atoms with van der Waals surface area (Å²) in [5, 5.41) is 0. The van der Waals surface area contributed by atoms with Crippen molar-refractivity contribution in [1.29, 1.82) is 0 Å². The Labute approximate surface area is 105 Å². The quantitative estimate of drug-likeness (QED) is 0.404. The molecule has 0 aromatic rings. The maximum Gasteiger partial charge on any atom is 0.233 e. The predicted molar refractivity (Wildman–Crippen MR) is 67.2 cm³/mol. The van der Waals surface area contributed by atoms with Crippen LogP contribution in [0.3, 0.4) is 0 Å². The largest absolute Gasteiger partial charge is 0.233 e. The topological polar surface area (TPSA) is 36.9 Å². The van der Waals surface area contributed by atoms with Gasteiger partial charge in [0.1, 0.15) is 0 Å². The Balaban J connectivity index is 4.46. The molecule has 0 saturated heterocycles. The Morgan fingerprint density at radius 3 is 1.06 bits per heavy atom. The molecular weight excluding hydrogens is 220 g/mol. The van der Waals surface area contributed by atoms with Crippen LogP contribution in [0.1, 0.15) is 68.2 Å². The fourth-order valence-electron chi connectivity index (χ4n) is 0.901. The molecule has 4 heteroatoms. The summed E-state index contributed by atoms with van der Waals surface area (Å²) < 4.78 is 0. The lowest BCUT2D eigenvalue weighted by Gasteiger charge is -2.33. The van der Waals surface area contributed by atoms with Crippen molar-refractivity contribution in [2.24, 2.45) is 0 Å². The highest BCUT2D eigenvalue weighted by Crippen LogP contribution is 2.27. The highest BCUT2D eigenvalue weighted by molar-refractivity contribution is 4.64. The average molecular weight is 248 g/mol. The summed E-state index contributed by atoms with van der Waals surface area (Å²) in [7, 11) is 0. The summed E-state index contributed by atoms with van der Waals surface area (Å²) in [4.78, 5) is 21.6. The van der Waals surface area contributed by atoms with Crippen LogP contribution in [0.15, 0.2) is 0 Å². The van der Waals surface area contributed by atoms with E-state index in [-0.39, 0.29) is 11.2 Å². The van der Waals surface area contributed by atoms with E-state index in [9.17, 15) is 0 Å². The first-order chi connectivity index (χ1) is 7.54. The third-order valence-corrected chi connectivity index (χ3v) is 1.96. The lowest BCUT2D eigenvalue weighted by Crippen LogP contribution is -2.40. The third-order valence-electron chi connectivity index (χ3n) is 1.96. The van der Waals surface area contributed by atoms with Gasteiger partial charge in [0.2, 0.25) is 5.79 Å². The van der Waals surface area contributed by atoms with Gasteiger partial charge < -0.3 is 0 Å². The fraction of sp³-hybridized carbons (Fsp3) is 1.00. The minimum absolute atomic E-state index is 0.374. The van der Waals surface area contributed by atoms with Crippen molar-refractivity contribution in [3.8, 4) is 0 Å². The van der Waals surface area contributed by atoms with Crippen LogP contribution in [-0.4, -0.2) is 17.0 Å². The van der Waals surface area contributed by atoms with Gasteiger partial charge in [-0.1, -0.05) is 13.8 Å². The van der Waals surface area contributed by atoms with E-state index < -0.39 is 5.79 Å². The molecule has 0 radical (unpaired) electrons. The molecule has 0 aromatic carbocycles. The van der Waals surface area contributed by atoms with Gasteiger partial charge in [0.25, 0.3) is 0 Å². The molecule has 104 valence electrons. The van der Waals surface area contributed by atoms with Crippen LogP contribution in [0.2, 0.25) is 0 Å². The first-order valence-electron chi connectivity index (χ1n) is 6.27. The molecule has 0 saturated carbocycles. The van der Waals surface area contributed by atoms with Crippen LogP contribution in [0, 0.1) is 0 Å². The van der Waals surface area contributed by atoms with Crippen molar-refractivity contribution >= 4 is 0 Å². The predicted octanol–water partition coefficient (Wildman–Crippen LogP) is 4.00. The number of hydrogen-bond acceptors (Lipinski definition) is 4. The molecule has 0 fully saturated rings. The molecule has 0 aliphatic rings. The molecule has 0 aliphatic heterocycles. The normalized spacial score (nSPS) is 14.1. The average Bonchev–Trinajstić information content (AvgIpc) is 2.16. The van der Waals surface area contributed by atoms with Gasteiger partial charge in [-0.2, -0.15) is 9.78 Å². The van der Waals surface area contributed by atoms with E-state index in [0.717, 1.165) is 0 Å². The third kappa shape index (κ3) is 7.71. The van der Waals surface area contributed by atoms with Gasteiger partial charge in [-0.15, -0.1) is 0 Å². The van der Waals surface area contributed by atoms with Crippen LogP contribution in [0.4, 0.5) is 0 Å². The fourth-order valence-corrected chi connectivity index (χ4v) is 0.901. The van der Waals surface area contributed by atoms with Crippen molar-refractivity contribution in [2.45, 2.75) is 85.2 Å². The van der Waals surface area contributed by atoms with Gasteiger partial charge in [-0.05, 0) is 41.5 Å². The second-order valence-electron chi connectivity index (χ2n) is 6.18. The summed E-state index contributed by atoms with van der Waals surface area (Å²) in [6.07, 6.45) is 1.30. The highest BCUT2D eigenvalue weighted by Gasteiger charge is 2.35. The maximum absolute atomic E-state index is 5.44. The summed E-state index contributed by atoms with van der Waals surface area (Å²) in [5.41, 5.74) is -0.749. The Hall–Kier alpha value is -0.160. The zero-order chi connectivity index (χ0) is 13.7. The van der Waals surface area contributed by atoms with E-state index in [0.29, 0.717) is 12.8 Å². The molecule has 4 nitrogen and oxygen atoms in total. The monoisotopic (exact) mass is 248 g/mol. The van der Waals surface area contributed by atoms with Crippen molar-refractivity contribution in [3.05, 3.63) is 0 Å². The second-order valence-corrected chi connectivity index (χ2v) is 6.18. The van der Waals surface area contributed by atoms with Crippen molar-refractivity contribution in [1.82, 2.24) is 0 Å². The zero-order valence-corrected chi connectivity index (χ0v) is 12.5. The minimum atomic E-state index is -0.847. The van der Waals surface area contributed by atoms with Gasteiger partial charge in [-0.3, -0.25) is 0 Å². The van der Waals surface area contributed by atoms with E-state index in [4.69, 9.17) is 19.6 Å². The van der Waals surface area contributed by atoms with Crippen LogP contribution < -0.4 is 0 Å². The van der Waals surface area contributed by atoms with Gasteiger partial charge in [0.15, 0.2) is 0 Å². The molecular formula is C13H28O4. The van der Waals surface area contributed by atoms with Crippen LogP contribution in [0.5, 0.6) is 0 Å². The van der Waals surface area contributed by atoms with Crippen LogP contribution in [0.25, 0.3) is 0 Å². The van der Waals surface area contributed by atoms with Gasteiger partial charge in [0.05, 0.1) is 11.2 Å². The second kappa shape index (κ2) is 6.14. The molecule has 0 rings (SSSR count). The van der Waals surface area contributed by atoms with Crippen molar-refractivity contribution < 1.29 is 19.6 Å². The van der Waals surface area contributed by atoms with Crippen LogP contribution >= 0.6 is 0 Å². The molecule has 0 amide bonds. The zero-order valence-electron chi connectivity index (χ0n) is 12.5. The molecule has 0 bridgehead atoms. The van der Waals surface area contributed by atoms with E-state index in [1.54, 1.807) is 0 Å². The lowest BCUT2D eigenvalue weighted by molar-refractivity contribution is -0.542. The van der Waals surface area contributed by atoms with Gasteiger partial charge in [-0.25, -0.2) is 9.78 Å². The minimum Gasteiger partial charge on any atom is -0.228 e. The Morgan fingerprint density at radius 2 is 0.882 bits per heavy atom. The molecule has 0 N–H and O–H groups in total. The van der Waals surface area contributed by atoms with Crippen molar-refractivity contribution in [2.75, 3.05) is 0 Å². The van der Waals surface area contributed by atoms with Gasteiger partial charge >= 0.3 is 0 Å².